The second kappa shape index (κ2) is 9.53. The second-order valence-electron chi connectivity index (χ2n) is 6.00. The lowest BCUT2D eigenvalue weighted by Gasteiger charge is -2.27. The average Bonchev–Trinajstić information content (AvgIpc) is 2.48. The van der Waals surface area contributed by atoms with Crippen molar-refractivity contribution >= 4 is 29.9 Å². The van der Waals surface area contributed by atoms with Crippen molar-refractivity contribution < 1.29 is 9.59 Å². The lowest BCUT2D eigenvalue weighted by atomic mass is 9.92. The van der Waals surface area contributed by atoms with Gasteiger partial charge in [-0.2, -0.15) is 0 Å². The number of amides is 2. The molecule has 2 atom stereocenters. The minimum absolute atomic E-state index is 0. The van der Waals surface area contributed by atoms with Crippen molar-refractivity contribution in [3.05, 3.63) is 29.8 Å². The highest BCUT2D eigenvalue weighted by molar-refractivity contribution is 5.88. The van der Waals surface area contributed by atoms with E-state index in [-0.39, 0.29) is 30.1 Å². The van der Waals surface area contributed by atoms with Crippen molar-refractivity contribution in [2.75, 3.05) is 18.4 Å². The standard InChI is InChI=1S/C17H25N3O2.ClH/c1-12-11-15(8-10-18-12)17(22)19-9-7-14-3-5-16(6-4-14)20-13(2)21;/h3-6,12,15,18H,7-11H2,1-2H3,(H,19,22)(H,20,21);1H/t12-,15-;/m0./s1. The van der Waals surface area contributed by atoms with Gasteiger partial charge >= 0.3 is 0 Å². The quantitative estimate of drug-likeness (QED) is 0.769. The molecule has 2 rings (SSSR count). The van der Waals surface area contributed by atoms with Crippen LogP contribution in [0, 0.1) is 5.92 Å². The summed E-state index contributed by atoms with van der Waals surface area (Å²) in [6.07, 6.45) is 2.63. The summed E-state index contributed by atoms with van der Waals surface area (Å²) >= 11 is 0. The molecule has 0 spiro atoms. The zero-order valence-electron chi connectivity index (χ0n) is 13.7. The van der Waals surface area contributed by atoms with Gasteiger partial charge in [-0.1, -0.05) is 12.1 Å². The number of hydrogen-bond donors (Lipinski definition) is 3. The molecule has 0 radical (unpaired) electrons. The molecule has 1 aromatic carbocycles. The molecule has 1 fully saturated rings. The molecule has 2 amide bonds. The molecule has 0 aromatic heterocycles. The average molecular weight is 340 g/mol. The molecule has 128 valence electrons. The van der Waals surface area contributed by atoms with Crippen LogP contribution in [0.15, 0.2) is 24.3 Å². The smallest absolute Gasteiger partial charge is 0.223 e. The zero-order chi connectivity index (χ0) is 15.9. The highest BCUT2D eigenvalue weighted by Gasteiger charge is 2.24. The van der Waals surface area contributed by atoms with Gasteiger partial charge in [-0.25, -0.2) is 0 Å². The Morgan fingerprint density at radius 2 is 1.96 bits per heavy atom. The van der Waals surface area contributed by atoms with Gasteiger partial charge < -0.3 is 16.0 Å². The maximum atomic E-state index is 12.1. The van der Waals surface area contributed by atoms with Gasteiger partial charge in [0.1, 0.15) is 0 Å². The van der Waals surface area contributed by atoms with E-state index in [1.54, 1.807) is 0 Å². The summed E-state index contributed by atoms with van der Waals surface area (Å²) < 4.78 is 0. The molecule has 1 aromatic rings. The minimum Gasteiger partial charge on any atom is -0.356 e. The van der Waals surface area contributed by atoms with Crippen molar-refractivity contribution in [3.8, 4) is 0 Å². The number of anilines is 1. The second-order valence-corrected chi connectivity index (χ2v) is 6.00. The number of hydrogen-bond acceptors (Lipinski definition) is 3. The SMILES string of the molecule is CC(=O)Nc1ccc(CCNC(=O)[C@H]2CCN[C@@H](C)C2)cc1.Cl. The molecule has 0 aliphatic carbocycles. The fourth-order valence-electron chi connectivity index (χ4n) is 2.80. The summed E-state index contributed by atoms with van der Waals surface area (Å²) in [5.41, 5.74) is 1.94. The Balaban J connectivity index is 0.00000264. The van der Waals surface area contributed by atoms with Gasteiger partial charge in [0.25, 0.3) is 0 Å². The molecule has 6 heteroatoms. The van der Waals surface area contributed by atoms with Crippen molar-refractivity contribution in [1.29, 1.82) is 0 Å². The maximum absolute atomic E-state index is 12.1. The fourth-order valence-corrected chi connectivity index (χ4v) is 2.80. The van der Waals surface area contributed by atoms with Crippen molar-refractivity contribution in [2.45, 2.75) is 39.2 Å². The number of carbonyl (C=O) groups is 2. The fraction of sp³-hybridized carbons (Fsp3) is 0.529. The largest absolute Gasteiger partial charge is 0.356 e. The molecule has 3 N–H and O–H groups in total. The zero-order valence-corrected chi connectivity index (χ0v) is 14.5. The number of carbonyl (C=O) groups excluding carboxylic acids is 2. The first-order valence-corrected chi connectivity index (χ1v) is 7.92. The van der Waals surface area contributed by atoms with E-state index >= 15 is 0 Å². The van der Waals surface area contributed by atoms with Crippen molar-refractivity contribution in [3.63, 3.8) is 0 Å². The van der Waals surface area contributed by atoms with Crippen LogP contribution in [-0.4, -0.2) is 30.9 Å². The highest BCUT2D eigenvalue weighted by Crippen LogP contribution is 2.16. The Bertz CT molecular complexity index is 519. The number of nitrogens with one attached hydrogen (secondary N) is 3. The van der Waals surface area contributed by atoms with E-state index in [0.29, 0.717) is 12.6 Å². The van der Waals surface area contributed by atoms with E-state index in [0.717, 1.165) is 37.1 Å². The van der Waals surface area contributed by atoms with Gasteiger partial charge in [0, 0.05) is 31.1 Å². The van der Waals surface area contributed by atoms with Crippen LogP contribution in [0.1, 0.15) is 32.3 Å². The molecular formula is C17H26ClN3O2. The Kier molecular flexibility index (Phi) is 8.06. The summed E-state index contributed by atoms with van der Waals surface area (Å²) in [6, 6.07) is 8.14. The topological polar surface area (TPSA) is 70.2 Å². The van der Waals surface area contributed by atoms with Gasteiger partial charge in [0.2, 0.25) is 11.8 Å². The number of rotatable bonds is 5. The summed E-state index contributed by atoms with van der Waals surface area (Å²) in [5.74, 6) is 0.234. The molecule has 23 heavy (non-hydrogen) atoms. The van der Waals surface area contributed by atoms with E-state index < -0.39 is 0 Å². The molecule has 1 aliphatic rings. The van der Waals surface area contributed by atoms with Crippen molar-refractivity contribution in [1.82, 2.24) is 10.6 Å². The van der Waals surface area contributed by atoms with E-state index in [4.69, 9.17) is 0 Å². The summed E-state index contributed by atoms with van der Waals surface area (Å²) in [6.45, 7) is 5.18. The van der Waals surface area contributed by atoms with Crippen LogP contribution in [0.2, 0.25) is 0 Å². The Morgan fingerprint density at radius 1 is 1.26 bits per heavy atom. The van der Waals surface area contributed by atoms with Gasteiger partial charge in [-0.05, 0) is 50.4 Å². The summed E-state index contributed by atoms with van der Waals surface area (Å²) in [4.78, 5) is 23.1. The molecule has 1 aliphatic heterocycles. The predicted molar refractivity (Wildman–Crippen MR) is 94.9 cm³/mol. The van der Waals surface area contributed by atoms with E-state index in [2.05, 4.69) is 22.9 Å². The maximum Gasteiger partial charge on any atom is 0.223 e. The molecule has 0 bridgehead atoms. The molecule has 0 saturated carbocycles. The van der Waals surface area contributed by atoms with Crippen LogP contribution in [-0.2, 0) is 16.0 Å². The lowest BCUT2D eigenvalue weighted by Crippen LogP contribution is -2.42. The van der Waals surface area contributed by atoms with Crippen LogP contribution >= 0.6 is 12.4 Å². The molecule has 1 heterocycles. The van der Waals surface area contributed by atoms with E-state index in [1.807, 2.05) is 24.3 Å². The van der Waals surface area contributed by atoms with Crippen LogP contribution in [0.4, 0.5) is 5.69 Å². The lowest BCUT2D eigenvalue weighted by molar-refractivity contribution is -0.126. The Labute approximate surface area is 144 Å². The van der Waals surface area contributed by atoms with Crippen LogP contribution in [0.5, 0.6) is 0 Å². The normalized spacial score (nSPS) is 20.3. The first-order chi connectivity index (χ1) is 10.5. The first-order valence-electron chi connectivity index (χ1n) is 7.92. The molecule has 1 saturated heterocycles. The Morgan fingerprint density at radius 3 is 2.57 bits per heavy atom. The highest BCUT2D eigenvalue weighted by atomic mass is 35.5. The van der Waals surface area contributed by atoms with Crippen LogP contribution in [0.25, 0.3) is 0 Å². The third-order valence-corrected chi connectivity index (χ3v) is 3.98. The number of benzene rings is 1. The summed E-state index contributed by atoms with van der Waals surface area (Å²) in [5, 5.41) is 9.13. The third-order valence-electron chi connectivity index (χ3n) is 3.98. The first kappa shape index (κ1) is 19.5. The van der Waals surface area contributed by atoms with Gasteiger partial charge in [0.15, 0.2) is 0 Å². The van der Waals surface area contributed by atoms with Gasteiger partial charge in [-0.3, -0.25) is 9.59 Å². The number of halogens is 1. The van der Waals surface area contributed by atoms with Gasteiger partial charge in [-0.15, -0.1) is 12.4 Å². The third kappa shape index (κ3) is 6.59. The van der Waals surface area contributed by atoms with Crippen LogP contribution < -0.4 is 16.0 Å². The van der Waals surface area contributed by atoms with Crippen molar-refractivity contribution in [2.24, 2.45) is 5.92 Å². The van der Waals surface area contributed by atoms with Gasteiger partial charge in [0.05, 0.1) is 0 Å². The molecular weight excluding hydrogens is 314 g/mol. The molecule has 5 nitrogen and oxygen atoms in total. The van der Waals surface area contributed by atoms with E-state index in [1.165, 1.54) is 6.92 Å². The summed E-state index contributed by atoms with van der Waals surface area (Å²) in [7, 11) is 0. The van der Waals surface area contributed by atoms with Crippen LogP contribution in [0.3, 0.4) is 0 Å². The van der Waals surface area contributed by atoms with E-state index in [9.17, 15) is 9.59 Å². The predicted octanol–water partition coefficient (Wildman–Crippen LogP) is 2.11. The molecule has 0 unspecified atom stereocenters. The minimum atomic E-state index is -0.0730. The number of piperidine rings is 1. The monoisotopic (exact) mass is 339 g/mol. The Hall–Kier alpha value is -1.59.